The molecule has 1 aromatic carbocycles. The molecular weight excluding hydrogens is 251 g/mol. The van der Waals surface area contributed by atoms with Gasteiger partial charge >= 0.3 is 0 Å². The molecule has 0 unspecified atom stereocenters. The molecule has 70 valence electrons. The van der Waals surface area contributed by atoms with Crippen molar-refractivity contribution < 1.29 is 9.36 Å². The van der Waals surface area contributed by atoms with Crippen LogP contribution in [0.4, 0.5) is 0 Å². The molecule has 0 aliphatic carbocycles. The highest BCUT2D eigenvalue weighted by molar-refractivity contribution is 9.10. The van der Waals surface area contributed by atoms with E-state index in [1.807, 2.05) is 0 Å². The summed E-state index contributed by atoms with van der Waals surface area (Å²) in [5.74, 6) is 0. The van der Waals surface area contributed by atoms with E-state index < -0.39 is 7.14 Å². The number of halogens is 1. The van der Waals surface area contributed by atoms with Crippen molar-refractivity contribution in [1.29, 1.82) is 0 Å². The van der Waals surface area contributed by atoms with Gasteiger partial charge in [0.2, 0.25) is 0 Å². The topological polar surface area (TPSA) is 34.1 Å². The number of benzene rings is 1. The van der Waals surface area contributed by atoms with Crippen LogP contribution in [-0.4, -0.2) is 19.6 Å². The Morgan fingerprint density at radius 2 is 2.00 bits per heavy atom. The average molecular weight is 261 g/mol. The zero-order valence-corrected chi connectivity index (χ0v) is 9.93. The van der Waals surface area contributed by atoms with E-state index in [4.69, 9.17) is 0 Å². The van der Waals surface area contributed by atoms with E-state index in [0.29, 0.717) is 10.9 Å². The first-order valence-electron chi connectivity index (χ1n) is 3.75. The second kappa shape index (κ2) is 3.77. The summed E-state index contributed by atoms with van der Waals surface area (Å²) < 4.78 is 12.6. The molecule has 0 aliphatic heterocycles. The first kappa shape index (κ1) is 10.7. The molecular formula is C9H10BrO2P. The molecule has 0 N–H and O–H groups in total. The standard InChI is InChI=1S/C9H10BrO2P/c1-13(2,12)9-4-3-8(10)5-7(9)6-11/h3-6H,1-2H3. The molecule has 0 aromatic heterocycles. The monoisotopic (exact) mass is 260 g/mol. The van der Waals surface area contributed by atoms with Crippen LogP contribution in [0.5, 0.6) is 0 Å². The van der Waals surface area contributed by atoms with E-state index in [9.17, 15) is 9.36 Å². The quantitative estimate of drug-likeness (QED) is 0.605. The highest BCUT2D eigenvalue weighted by Gasteiger charge is 2.15. The van der Waals surface area contributed by atoms with E-state index in [0.717, 1.165) is 10.8 Å². The lowest BCUT2D eigenvalue weighted by molar-refractivity contribution is 0.112. The molecule has 0 radical (unpaired) electrons. The fourth-order valence-corrected chi connectivity index (χ4v) is 2.66. The Kier molecular flexibility index (Phi) is 3.09. The molecule has 0 fully saturated rings. The highest BCUT2D eigenvalue weighted by Crippen LogP contribution is 2.36. The van der Waals surface area contributed by atoms with Crippen LogP contribution in [0.15, 0.2) is 22.7 Å². The van der Waals surface area contributed by atoms with Crippen LogP contribution in [0.2, 0.25) is 0 Å². The van der Waals surface area contributed by atoms with Crippen LogP contribution < -0.4 is 5.30 Å². The molecule has 0 amide bonds. The van der Waals surface area contributed by atoms with Crippen LogP contribution >= 0.6 is 23.1 Å². The Labute approximate surface area is 85.8 Å². The van der Waals surface area contributed by atoms with Crippen molar-refractivity contribution in [1.82, 2.24) is 0 Å². The Balaban J connectivity index is 3.38. The molecule has 0 heterocycles. The van der Waals surface area contributed by atoms with E-state index in [1.165, 1.54) is 0 Å². The minimum Gasteiger partial charge on any atom is -0.319 e. The van der Waals surface area contributed by atoms with Gasteiger partial charge in [0.1, 0.15) is 7.14 Å². The lowest BCUT2D eigenvalue weighted by Crippen LogP contribution is -2.09. The minimum atomic E-state index is -2.34. The van der Waals surface area contributed by atoms with E-state index in [1.54, 1.807) is 31.5 Å². The molecule has 0 saturated heterocycles. The molecule has 4 heteroatoms. The summed E-state index contributed by atoms with van der Waals surface area (Å²) in [5, 5.41) is 0.644. The minimum absolute atomic E-state index is 0.503. The lowest BCUT2D eigenvalue weighted by atomic mass is 10.2. The Morgan fingerprint density at radius 3 is 2.46 bits per heavy atom. The maximum absolute atomic E-state index is 11.7. The Hall–Kier alpha value is -0.400. The van der Waals surface area contributed by atoms with Gasteiger partial charge in [0.15, 0.2) is 6.29 Å². The smallest absolute Gasteiger partial charge is 0.150 e. The van der Waals surface area contributed by atoms with Gasteiger partial charge in [0.25, 0.3) is 0 Å². The van der Waals surface area contributed by atoms with Gasteiger partial charge in [-0.05, 0) is 31.5 Å². The number of aldehydes is 1. The van der Waals surface area contributed by atoms with Gasteiger partial charge in [-0.15, -0.1) is 0 Å². The van der Waals surface area contributed by atoms with Gasteiger partial charge < -0.3 is 4.57 Å². The summed E-state index contributed by atoms with van der Waals surface area (Å²) >= 11 is 3.26. The molecule has 0 saturated carbocycles. The van der Waals surface area contributed by atoms with Crippen molar-refractivity contribution in [2.45, 2.75) is 0 Å². The molecule has 0 bridgehead atoms. The third kappa shape index (κ3) is 2.52. The Morgan fingerprint density at radius 1 is 1.38 bits per heavy atom. The number of carbonyl (C=O) groups excluding carboxylic acids is 1. The predicted molar refractivity (Wildman–Crippen MR) is 58.6 cm³/mol. The fourth-order valence-electron chi connectivity index (χ4n) is 1.11. The number of hydrogen-bond donors (Lipinski definition) is 0. The van der Waals surface area contributed by atoms with Crippen LogP contribution in [0.25, 0.3) is 0 Å². The second-order valence-electron chi connectivity index (χ2n) is 3.17. The zero-order chi connectivity index (χ0) is 10.1. The van der Waals surface area contributed by atoms with Crippen molar-refractivity contribution in [3.63, 3.8) is 0 Å². The van der Waals surface area contributed by atoms with E-state index in [2.05, 4.69) is 15.9 Å². The van der Waals surface area contributed by atoms with Gasteiger partial charge in [-0.25, -0.2) is 0 Å². The van der Waals surface area contributed by atoms with Crippen molar-refractivity contribution in [3.05, 3.63) is 28.2 Å². The number of hydrogen-bond acceptors (Lipinski definition) is 2. The van der Waals surface area contributed by atoms with Gasteiger partial charge in [-0.2, -0.15) is 0 Å². The third-order valence-electron chi connectivity index (χ3n) is 1.70. The fraction of sp³-hybridized carbons (Fsp3) is 0.222. The normalized spacial score (nSPS) is 11.3. The summed E-state index contributed by atoms with van der Waals surface area (Å²) in [7, 11) is -2.34. The van der Waals surface area contributed by atoms with E-state index >= 15 is 0 Å². The van der Waals surface area contributed by atoms with Crippen molar-refractivity contribution >= 4 is 34.7 Å². The van der Waals surface area contributed by atoms with Crippen molar-refractivity contribution in [2.24, 2.45) is 0 Å². The highest BCUT2D eigenvalue weighted by atomic mass is 79.9. The molecule has 13 heavy (non-hydrogen) atoms. The molecule has 1 aromatic rings. The first-order valence-corrected chi connectivity index (χ1v) is 7.15. The predicted octanol–water partition coefficient (Wildman–Crippen LogP) is 2.51. The Bertz CT molecular complexity index is 381. The van der Waals surface area contributed by atoms with Crippen LogP contribution in [-0.2, 0) is 4.57 Å². The first-order chi connectivity index (χ1) is 5.95. The molecule has 0 spiro atoms. The van der Waals surface area contributed by atoms with Gasteiger partial charge in [0, 0.05) is 15.3 Å². The molecule has 2 nitrogen and oxygen atoms in total. The van der Waals surface area contributed by atoms with E-state index in [-0.39, 0.29) is 0 Å². The number of carbonyl (C=O) groups is 1. The third-order valence-corrected chi connectivity index (χ3v) is 3.76. The summed E-state index contributed by atoms with van der Waals surface area (Å²) in [6, 6.07) is 5.21. The maximum Gasteiger partial charge on any atom is 0.150 e. The summed E-state index contributed by atoms with van der Waals surface area (Å²) in [6.45, 7) is 3.31. The van der Waals surface area contributed by atoms with Crippen LogP contribution in [0.1, 0.15) is 10.4 Å². The second-order valence-corrected chi connectivity index (χ2v) is 7.27. The van der Waals surface area contributed by atoms with Crippen LogP contribution in [0.3, 0.4) is 0 Å². The van der Waals surface area contributed by atoms with Gasteiger partial charge in [-0.3, -0.25) is 4.79 Å². The summed E-state index contributed by atoms with van der Waals surface area (Å²) in [5.41, 5.74) is 0.503. The van der Waals surface area contributed by atoms with Crippen molar-refractivity contribution in [2.75, 3.05) is 13.3 Å². The molecule has 1 rings (SSSR count). The zero-order valence-electron chi connectivity index (χ0n) is 7.45. The largest absolute Gasteiger partial charge is 0.319 e. The maximum atomic E-state index is 11.7. The summed E-state index contributed by atoms with van der Waals surface area (Å²) in [4.78, 5) is 10.7. The SMILES string of the molecule is CP(C)(=O)c1ccc(Br)cc1C=O. The molecule has 0 aliphatic rings. The molecule has 0 atom stereocenters. The van der Waals surface area contributed by atoms with Crippen molar-refractivity contribution in [3.8, 4) is 0 Å². The summed E-state index contributed by atoms with van der Waals surface area (Å²) in [6.07, 6.45) is 0.736. The van der Waals surface area contributed by atoms with Gasteiger partial charge in [-0.1, -0.05) is 15.9 Å². The van der Waals surface area contributed by atoms with Gasteiger partial charge in [0.05, 0.1) is 0 Å². The van der Waals surface area contributed by atoms with Crippen LogP contribution in [0, 0.1) is 0 Å². The lowest BCUT2D eigenvalue weighted by Gasteiger charge is -2.09. The number of rotatable bonds is 2. The average Bonchev–Trinajstić information content (AvgIpc) is 2.01.